The molecule has 3 rings (SSSR count). The molecule has 0 radical (unpaired) electrons. The monoisotopic (exact) mass is 249 g/mol. The fourth-order valence-electron chi connectivity index (χ4n) is 3.19. The zero-order chi connectivity index (χ0) is 12.5. The van der Waals surface area contributed by atoms with Gasteiger partial charge in [-0.3, -0.25) is 0 Å². The molecule has 3 heterocycles. The van der Waals surface area contributed by atoms with Crippen LogP contribution in [0.1, 0.15) is 36.7 Å². The van der Waals surface area contributed by atoms with E-state index in [4.69, 9.17) is 4.98 Å². The molecule has 100 valence electrons. The van der Waals surface area contributed by atoms with E-state index in [0.29, 0.717) is 18.4 Å². The number of hydrogen-bond acceptors (Lipinski definition) is 3. The van der Waals surface area contributed by atoms with Crippen LogP contribution in [-0.4, -0.2) is 46.3 Å². The molecule has 4 heteroatoms. The maximum atomic E-state index is 9.26. The number of hydrogen-bond donors (Lipinski definition) is 1. The molecule has 2 aliphatic heterocycles. The zero-order valence-electron chi connectivity index (χ0n) is 11.2. The number of aromatic nitrogens is 2. The van der Waals surface area contributed by atoms with E-state index in [2.05, 4.69) is 22.7 Å². The van der Waals surface area contributed by atoms with Crippen molar-refractivity contribution in [2.45, 2.75) is 38.1 Å². The highest BCUT2D eigenvalue weighted by molar-refractivity contribution is 5.12. The molecule has 1 fully saturated rings. The van der Waals surface area contributed by atoms with Crippen molar-refractivity contribution in [2.24, 2.45) is 5.92 Å². The number of piperidine rings is 1. The Balaban J connectivity index is 1.73. The summed E-state index contributed by atoms with van der Waals surface area (Å²) in [6, 6.07) is 0. The quantitative estimate of drug-likeness (QED) is 0.857. The first-order chi connectivity index (χ1) is 8.76. The lowest BCUT2D eigenvalue weighted by atomic mass is 9.94. The van der Waals surface area contributed by atoms with Crippen molar-refractivity contribution >= 4 is 0 Å². The predicted molar refractivity (Wildman–Crippen MR) is 70.6 cm³/mol. The van der Waals surface area contributed by atoms with Crippen LogP contribution in [0.2, 0.25) is 0 Å². The molecule has 4 nitrogen and oxygen atoms in total. The number of aryl methyl sites for hydroxylation is 1. The molecule has 0 amide bonds. The van der Waals surface area contributed by atoms with E-state index in [1.807, 2.05) is 0 Å². The Labute approximate surface area is 109 Å². The topological polar surface area (TPSA) is 41.3 Å². The van der Waals surface area contributed by atoms with Crippen molar-refractivity contribution in [1.29, 1.82) is 0 Å². The third kappa shape index (κ3) is 2.31. The second-order valence-corrected chi connectivity index (χ2v) is 5.90. The number of nitrogens with zero attached hydrogens (tertiary/aromatic N) is 3. The molecule has 1 N–H and O–H groups in total. The SMILES string of the molecule is CN1CCC(c2cn3c(n2)CCC(CO)C3)CC1. The van der Waals surface area contributed by atoms with E-state index in [9.17, 15) is 5.11 Å². The molecule has 1 atom stereocenters. The average Bonchev–Trinajstić information content (AvgIpc) is 2.82. The lowest BCUT2D eigenvalue weighted by Gasteiger charge is -2.27. The maximum absolute atomic E-state index is 9.26. The molecular weight excluding hydrogens is 226 g/mol. The molecule has 18 heavy (non-hydrogen) atoms. The largest absolute Gasteiger partial charge is 0.396 e. The minimum absolute atomic E-state index is 0.307. The molecule has 1 aromatic heterocycles. The lowest BCUT2D eigenvalue weighted by Crippen LogP contribution is -2.29. The first-order valence-electron chi connectivity index (χ1n) is 7.11. The highest BCUT2D eigenvalue weighted by Crippen LogP contribution is 2.29. The Kier molecular flexibility index (Phi) is 3.39. The first-order valence-corrected chi connectivity index (χ1v) is 7.11. The highest BCUT2D eigenvalue weighted by Gasteiger charge is 2.24. The van der Waals surface area contributed by atoms with Gasteiger partial charge in [-0.2, -0.15) is 0 Å². The van der Waals surface area contributed by atoms with Crippen LogP contribution in [0.15, 0.2) is 6.20 Å². The van der Waals surface area contributed by atoms with Crippen molar-refractivity contribution < 1.29 is 5.11 Å². The van der Waals surface area contributed by atoms with Crippen molar-refractivity contribution in [1.82, 2.24) is 14.5 Å². The van der Waals surface area contributed by atoms with E-state index in [-0.39, 0.29) is 0 Å². The zero-order valence-corrected chi connectivity index (χ0v) is 11.2. The summed E-state index contributed by atoms with van der Waals surface area (Å²) in [5.74, 6) is 2.30. The van der Waals surface area contributed by atoms with Gasteiger partial charge in [0.05, 0.1) is 5.69 Å². The Bertz CT molecular complexity index is 407. The van der Waals surface area contributed by atoms with E-state index in [0.717, 1.165) is 19.4 Å². The van der Waals surface area contributed by atoms with Crippen molar-refractivity contribution in [3.8, 4) is 0 Å². The van der Waals surface area contributed by atoms with Gasteiger partial charge in [-0.05, 0) is 39.4 Å². The third-order valence-electron chi connectivity index (χ3n) is 4.50. The number of rotatable bonds is 2. The van der Waals surface area contributed by atoms with Crippen LogP contribution in [0, 0.1) is 5.92 Å². The summed E-state index contributed by atoms with van der Waals surface area (Å²) in [6.45, 7) is 3.63. The Morgan fingerprint density at radius 2 is 2.11 bits per heavy atom. The molecule has 0 bridgehead atoms. The molecule has 0 saturated carbocycles. The number of aliphatic hydroxyl groups is 1. The van der Waals surface area contributed by atoms with Gasteiger partial charge in [0, 0.05) is 37.6 Å². The number of fused-ring (bicyclic) bond motifs is 1. The van der Waals surface area contributed by atoms with Gasteiger partial charge in [-0.1, -0.05) is 0 Å². The molecule has 2 aliphatic rings. The fraction of sp³-hybridized carbons (Fsp3) is 0.786. The average molecular weight is 249 g/mol. The molecular formula is C14H23N3O. The summed E-state index contributed by atoms with van der Waals surface area (Å²) in [6.07, 6.45) is 6.82. The van der Waals surface area contributed by atoms with E-state index in [1.54, 1.807) is 0 Å². The third-order valence-corrected chi connectivity index (χ3v) is 4.50. The van der Waals surface area contributed by atoms with Crippen LogP contribution in [0.5, 0.6) is 0 Å². The number of likely N-dealkylation sites (tertiary alicyclic amines) is 1. The maximum Gasteiger partial charge on any atom is 0.108 e. The van der Waals surface area contributed by atoms with Gasteiger partial charge in [-0.25, -0.2) is 4.98 Å². The number of imidazole rings is 1. The predicted octanol–water partition coefficient (Wildman–Crippen LogP) is 1.25. The fourth-order valence-corrected chi connectivity index (χ4v) is 3.19. The van der Waals surface area contributed by atoms with E-state index < -0.39 is 0 Å². The summed E-state index contributed by atoms with van der Waals surface area (Å²) in [7, 11) is 2.19. The van der Waals surface area contributed by atoms with Crippen molar-refractivity contribution in [3.63, 3.8) is 0 Å². The lowest BCUT2D eigenvalue weighted by molar-refractivity contribution is 0.190. The van der Waals surface area contributed by atoms with Crippen LogP contribution in [0.4, 0.5) is 0 Å². The summed E-state index contributed by atoms with van der Waals surface area (Å²) < 4.78 is 2.28. The standard InChI is InChI=1S/C14H23N3O/c1-16-6-4-12(5-7-16)13-9-17-8-11(10-18)2-3-14(17)15-13/h9,11-12,18H,2-8,10H2,1H3. The van der Waals surface area contributed by atoms with Crippen LogP contribution in [-0.2, 0) is 13.0 Å². The van der Waals surface area contributed by atoms with E-state index in [1.165, 1.54) is 37.4 Å². The summed E-state index contributed by atoms with van der Waals surface area (Å²) in [5.41, 5.74) is 1.29. The first kappa shape index (κ1) is 12.2. The van der Waals surface area contributed by atoms with Gasteiger partial charge >= 0.3 is 0 Å². The second kappa shape index (κ2) is 5.02. The molecule has 0 spiro atoms. The van der Waals surface area contributed by atoms with Crippen LogP contribution in [0.3, 0.4) is 0 Å². The molecule has 1 unspecified atom stereocenters. The Hall–Kier alpha value is -0.870. The van der Waals surface area contributed by atoms with Crippen LogP contribution in [0.25, 0.3) is 0 Å². The van der Waals surface area contributed by atoms with Crippen molar-refractivity contribution in [2.75, 3.05) is 26.7 Å². The van der Waals surface area contributed by atoms with Gasteiger partial charge in [0.1, 0.15) is 5.82 Å². The minimum atomic E-state index is 0.307. The van der Waals surface area contributed by atoms with E-state index >= 15 is 0 Å². The Morgan fingerprint density at radius 3 is 2.83 bits per heavy atom. The van der Waals surface area contributed by atoms with Gasteiger partial charge in [0.15, 0.2) is 0 Å². The van der Waals surface area contributed by atoms with Gasteiger partial charge in [0.25, 0.3) is 0 Å². The molecule has 1 saturated heterocycles. The smallest absolute Gasteiger partial charge is 0.108 e. The normalized spacial score (nSPS) is 26.2. The highest BCUT2D eigenvalue weighted by atomic mass is 16.3. The van der Waals surface area contributed by atoms with Gasteiger partial charge in [0.2, 0.25) is 0 Å². The van der Waals surface area contributed by atoms with Crippen LogP contribution >= 0.6 is 0 Å². The van der Waals surface area contributed by atoms with Gasteiger partial charge < -0.3 is 14.6 Å². The number of aliphatic hydroxyl groups excluding tert-OH is 1. The Morgan fingerprint density at radius 1 is 1.33 bits per heavy atom. The summed E-state index contributed by atoms with van der Waals surface area (Å²) in [4.78, 5) is 7.23. The second-order valence-electron chi connectivity index (χ2n) is 5.90. The molecule has 0 aliphatic carbocycles. The minimum Gasteiger partial charge on any atom is -0.396 e. The van der Waals surface area contributed by atoms with Gasteiger partial charge in [-0.15, -0.1) is 0 Å². The van der Waals surface area contributed by atoms with Crippen molar-refractivity contribution in [3.05, 3.63) is 17.7 Å². The summed E-state index contributed by atoms with van der Waals surface area (Å²) >= 11 is 0. The van der Waals surface area contributed by atoms with Crippen LogP contribution < -0.4 is 0 Å². The summed E-state index contributed by atoms with van der Waals surface area (Å²) in [5, 5.41) is 9.26. The molecule has 1 aromatic rings. The molecule has 0 aromatic carbocycles.